The molecule has 0 bridgehead atoms. The van der Waals surface area contributed by atoms with Crippen molar-refractivity contribution in [1.82, 2.24) is 0 Å². The van der Waals surface area contributed by atoms with Crippen LogP contribution in [0.1, 0.15) is 40.1 Å². The number of benzene rings is 1. The van der Waals surface area contributed by atoms with E-state index in [9.17, 15) is 0 Å². The minimum Gasteiger partial charge on any atom is -0.468 e. The van der Waals surface area contributed by atoms with Crippen molar-refractivity contribution in [3.05, 3.63) is 59.0 Å². The molecule has 1 atom stereocenters. The van der Waals surface area contributed by atoms with Gasteiger partial charge in [0, 0.05) is 0 Å². The standard InChI is InChI=1S/C15H15BrO/c16-15(14-6-3-9-17-14)13-8-7-11-4-1-2-5-12(11)10-13/h3,6-10,15H,1-2,4-5H2. The number of hydrogen-bond acceptors (Lipinski definition) is 1. The quantitative estimate of drug-likeness (QED) is 0.734. The Balaban J connectivity index is 1.93. The third kappa shape index (κ3) is 2.19. The van der Waals surface area contributed by atoms with E-state index in [4.69, 9.17) is 4.42 Å². The van der Waals surface area contributed by atoms with Crippen molar-refractivity contribution in [1.29, 1.82) is 0 Å². The fourth-order valence-electron chi connectivity index (χ4n) is 2.51. The molecule has 0 aliphatic heterocycles. The lowest BCUT2D eigenvalue weighted by molar-refractivity contribution is 0.519. The van der Waals surface area contributed by atoms with Crippen LogP contribution in [-0.2, 0) is 12.8 Å². The van der Waals surface area contributed by atoms with Crippen LogP contribution in [0.25, 0.3) is 0 Å². The lowest BCUT2D eigenvalue weighted by Crippen LogP contribution is -2.04. The molecular weight excluding hydrogens is 276 g/mol. The summed E-state index contributed by atoms with van der Waals surface area (Å²) in [6, 6.07) is 10.8. The first-order valence-corrected chi connectivity index (χ1v) is 7.05. The molecule has 1 nitrogen and oxygen atoms in total. The molecule has 3 rings (SSSR count). The van der Waals surface area contributed by atoms with Crippen molar-refractivity contribution >= 4 is 15.9 Å². The van der Waals surface area contributed by atoms with E-state index in [1.807, 2.05) is 12.1 Å². The highest BCUT2D eigenvalue weighted by molar-refractivity contribution is 9.09. The SMILES string of the molecule is BrC(c1ccc2c(c1)CCCC2)c1ccco1. The topological polar surface area (TPSA) is 13.1 Å². The van der Waals surface area contributed by atoms with E-state index in [0.717, 1.165) is 5.76 Å². The predicted molar refractivity (Wildman–Crippen MR) is 72.6 cm³/mol. The maximum atomic E-state index is 5.45. The Morgan fingerprint density at radius 1 is 1.06 bits per heavy atom. The number of fused-ring (bicyclic) bond motifs is 1. The first kappa shape index (κ1) is 11.1. The highest BCUT2D eigenvalue weighted by Crippen LogP contribution is 2.33. The summed E-state index contributed by atoms with van der Waals surface area (Å²) in [4.78, 5) is 0.171. The highest BCUT2D eigenvalue weighted by Gasteiger charge is 2.16. The molecule has 1 aromatic heterocycles. The summed E-state index contributed by atoms with van der Waals surface area (Å²) in [6.45, 7) is 0. The van der Waals surface area contributed by atoms with Gasteiger partial charge in [-0.05, 0) is 54.5 Å². The maximum absolute atomic E-state index is 5.45. The first-order valence-electron chi connectivity index (χ1n) is 6.14. The van der Waals surface area contributed by atoms with Gasteiger partial charge in [0.25, 0.3) is 0 Å². The van der Waals surface area contributed by atoms with E-state index in [1.54, 1.807) is 6.26 Å². The van der Waals surface area contributed by atoms with Crippen molar-refractivity contribution in [2.45, 2.75) is 30.5 Å². The summed E-state index contributed by atoms with van der Waals surface area (Å²) in [7, 11) is 0. The Labute approximate surface area is 110 Å². The van der Waals surface area contributed by atoms with E-state index in [-0.39, 0.29) is 4.83 Å². The van der Waals surface area contributed by atoms with Gasteiger partial charge in [-0.1, -0.05) is 34.1 Å². The third-order valence-corrected chi connectivity index (χ3v) is 4.44. The molecule has 88 valence electrons. The molecule has 0 radical (unpaired) electrons. The predicted octanol–water partition coefficient (Wildman–Crippen LogP) is 4.64. The molecule has 1 aliphatic rings. The van der Waals surface area contributed by atoms with Gasteiger partial charge in [0.15, 0.2) is 0 Å². The minimum atomic E-state index is 0.171. The molecule has 2 heteroatoms. The zero-order valence-corrected chi connectivity index (χ0v) is 11.2. The van der Waals surface area contributed by atoms with Gasteiger partial charge in [-0.15, -0.1) is 0 Å². The second-order valence-corrected chi connectivity index (χ2v) is 5.53. The normalized spacial score (nSPS) is 16.5. The van der Waals surface area contributed by atoms with Gasteiger partial charge in [0.05, 0.1) is 11.1 Å². The third-order valence-electron chi connectivity index (χ3n) is 3.46. The molecule has 1 aliphatic carbocycles. The van der Waals surface area contributed by atoms with Gasteiger partial charge < -0.3 is 4.42 Å². The van der Waals surface area contributed by atoms with Gasteiger partial charge in [-0.2, -0.15) is 0 Å². The molecule has 0 saturated heterocycles. The Morgan fingerprint density at radius 3 is 2.65 bits per heavy atom. The summed E-state index contributed by atoms with van der Waals surface area (Å²) in [5.41, 5.74) is 4.34. The van der Waals surface area contributed by atoms with E-state index < -0.39 is 0 Å². The average molecular weight is 291 g/mol. The smallest absolute Gasteiger partial charge is 0.121 e. The molecule has 0 N–H and O–H groups in total. The number of aryl methyl sites for hydroxylation is 2. The van der Waals surface area contributed by atoms with E-state index in [0.29, 0.717) is 0 Å². The van der Waals surface area contributed by atoms with Gasteiger partial charge in [0.1, 0.15) is 5.76 Å². The molecule has 0 saturated carbocycles. The van der Waals surface area contributed by atoms with Crippen LogP contribution >= 0.6 is 15.9 Å². The summed E-state index contributed by atoms with van der Waals surface area (Å²) in [6.07, 6.45) is 6.85. The Morgan fingerprint density at radius 2 is 1.88 bits per heavy atom. The summed E-state index contributed by atoms with van der Waals surface area (Å²) < 4.78 is 5.45. The second kappa shape index (κ2) is 4.69. The second-order valence-electron chi connectivity index (χ2n) is 4.61. The molecule has 0 fully saturated rings. The summed E-state index contributed by atoms with van der Waals surface area (Å²) in [5, 5.41) is 0. The monoisotopic (exact) mass is 290 g/mol. The van der Waals surface area contributed by atoms with Crippen LogP contribution in [-0.4, -0.2) is 0 Å². The van der Waals surface area contributed by atoms with Crippen molar-refractivity contribution in [2.75, 3.05) is 0 Å². The molecule has 0 amide bonds. The number of alkyl halides is 1. The average Bonchev–Trinajstić information content (AvgIpc) is 2.91. The Bertz CT molecular complexity index is 502. The molecule has 1 aromatic carbocycles. The van der Waals surface area contributed by atoms with Crippen molar-refractivity contribution < 1.29 is 4.42 Å². The molecule has 1 unspecified atom stereocenters. The summed E-state index contributed by atoms with van der Waals surface area (Å²) in [5.74, 6) is 0.973. The van der Waals surface area contributed by atoms with Crippen LogP contribution in [0.4, 0.5) is 0 Å². The zero-order chi connectivity index (χ0) is 11.7. The van der Waals surface area contributed by atoms with Crippen molar-refractivity contribution in [3.8, 4) is 0 Å². The van der Waals surface area contributed by atoms with E-state index in [2.05, 4.69) is 34.1 Å². The maximum Gasteiger partial charge on any atom is 0.121 e. The molecule has 0 spiro atoms. The number of furan rings is 1. The number of rotatable bonds is 2. The van der Waals surface area contributed by atoms with Crippen molar-refractivity contribution in [2.24, 2.45) is 0 Å². The van der Waals surface area contributed by atoms with Crippen LogP contribution in [0, 0.1) is 0 Å². The van der Waals surface area contributed by atoms with Gasteiger partial charge in [-0.25, -0.2) is 0 Å². The van der Waals surface area contributed by atoms with E-state index >= 15 is 0 Å². The zero-order valence-electron chi connectivity index (χ0n) is 9.66. The number of halogens is 1. The minimum absolute atomic E-state index is 0.171. The molecule has 2 aromatic rings. The largest absolute Gasteiger partial charge is 0.468 e. The molecule has 1 heterocycles. The Kier molecular flexibility index (Phi) is 3.06. The first-order chi connectivity index (χ1) is 8.34. The van der Waals surface area contributed by atoms with Crippen LogP contribution in [0.3, 0.4) is 0 Å². The highest BCUT2D eigenvalue weighted by atomic mass is 79.9. The lowest BCUT2D eigenvalue weighted by Gasteiger charge is -2.17. The lowest BCUT2D eigenvalue weighted by atomic mass is 9.90. The van der Waals surface area contributed by atoms with E-state index in [1.165, 1.54) is 42.4 Å². The van der Waals surface area contributed by atoms with Crippen LogP contribution in [0.5, 0.6) is 0 Å². The molecular formula is C15H15BrO. The van der Waals surface area contributed by atoms with Crippen LogP contribution in [0.2, 0.25) is 0 Å². The van der Waals surface area contributed by atoms with Gasteiger partial charge in [0.2, 0.25) is 0 Å². The molecule has 17 heavy (non-hydrogen) atoms. The van der Waals surface area contributed by atoms with Crippen molar-refractivity contribution in [3.63, 3.8) is 0 Å². The fraction of sp³-hybridized carbons (Fsp3) is 0.333. The van der Waals surface area contributed by atoms with Gasteiger partial charge >= 0.3 is 0 Å². The fourth-order valence-corrected chi connectivity index (χ4v) is 3.06. The number of hydrogen-bond donors (Lipinski definition) is 0. The van der Waals surface area contributed by atoms with Crippen LogP contribution in [0.15, 0.2) is 41.0 Å². The Hall–Kier alpha value is -1.02. The summed E-state index contributed by atoms with van der Waals surface area (Å²) >= 11 is 3.71. The van der Waals surface area contributed by atoms with Crippen LogP contribution < -0.4 is 0 Å². The van der Waals surface area contributed by atoms with Gasteiger partial charge in [-0.3, -0.25) is 0 Å².